The molecule has 1 saturated heterocycles. The summed E-state index contributed by atoms with van der Waals surface area (Å²) in [6.45, 7) is 6.59. The Morgan fingerprint density at radius 1 is 1.08 bits per heavy atom. The van der Waals surface area contributed by atoms with Crippen LogP contribution in [-0.4, -0.2) is 54.6 Å². The van der Waals surface area contributed by atoms with E-state index in [1.54, 1.807) is 51.6 Å². The predicted octanol–water partition coefficient (Wildman–Crippen LogP) is 5.94. The van der Waals surface area contributed by atoms with Crippen molar-refractivity contribution >= 4 is 40.4 Å². The maximum absolute atomic E-state index is 13.2. The van der Waals surface area contributed by atoms with Gasteiger partial charge in [-0.2, -0.15) is 0 Å². The van der Waals surface area contributed by atoms with Crippen molar-refractivity contribution in [2.75, 3.05) is 32.6 Å². The first-order valence-corrected chi connectivity index (χ1v) is 13.6. The van der Waals surface area contributed by atoms with Gasteiger partial charge < -0.3 is 24.4 Å². The maximum Gasteiger partial charge on any atom is 0.275 e. The molecule has 0 radical (unpaired) electrons. The Bertz CT molecular complexity index is 1320. The lowest BCUT2D eigenvalue weighted by Crippen LogP contribution is -2.51. The highest BCUT2D eigenvalue weighted by atomic mass is 35.5. The second-order valence-electron chi connectivity index (χ2n) is 9.66. The minimum absolute atomic E-state index is 0.0830. The number of hydrogen-bond donors (Lipinski definition) is 1. The van der Waals surface area contributed by atoms with Crippen molar-refractivity contribution in [2.45, 2.75) is 45.1 Å². The average Bonchev–Trinajstić information content (AvgIpc) is 3.41. The number of thiazole rings is 1. The van der Waals surface area contributed by atoms with Crippen molar-refractivity contribution in [3.05, 3.63) is 63.1 Å². The van der Waals surface area contributed by atoms with Gasteiger partial charge >= 0.3 is 0 Å². The standard InChI is InChI=1S/C28H32ClN3O5S/c1-17-14-23(35-4)24(36-5)15-20(17)30-25(33)21-16-38-26(31-21)18-10-12-32(13-11-18)27(34)28(2,3)37-22-9-7-6-8-19(22)29/h6-9,14-16,18H,10-13H2,1-5H3,(H,30,33). The topological polar surface area (TPSA) is 90.0 Å². The van der Waals surface area contributed by atoms with Crippen LogP contribution in [0.25, 0.3) is 0 Å². The third-order valence-corrected chi connectivity index (χ3v) is 7.90. The minimum Gasteiger partial charge on any atom is -0.493 e. The predicted molar refractivity (Wildman–Crippen MR) is 149 cm³/mol. The van der Waals surface area contributed by atoms with E-state index >= 15 is 0 Å². The second kappa shape index (κ2) is 11.6. The molecule has 38 heavy (non-hydrogen) atoms. The van der Waals surface area contributed by atoms with Crippen molar-refractivity contribution in [1.82, 2.24) is 9.88 Å². The Labute approximate surface area is 231 Å². The minimum atomic E-state index is -1.05. The summed E-state index contributed by atoms with van der Waals surface area (Å²) in [7, 11) is 3.12. The Morgan fingerprint density at radius 2 is 1.74 bits per heavy atom. The number of hydrogen-bond acceptors (Lipinski definition) is 7. The molecule has 2 heterocycles. The number of aryl methyl sites for hydroxylation is 1. The number of carbonyl (C=O) groups is 2. The molecule has 3 aromatic rings. The van der Waals surface area contributed by atoms with Crippen LogP contribution in [-0.2, 0) is 4.79 Å². The maximum atomic E-state index is 13.2. The van der Waals surface area contributed by atoms with Crippen LogP contribution >= 0.6 is 22.9 Å². The van der Waals surface area contributed by atoms with Crippen LogP contribution in [0, 0.1) is 6.92 Å². The molecular formula is C28H32ClN3O5S. The number of anilines is 1. The van der Waals surface area contributed by atoms with Crippen LogP contribution in [0.1, 0.15) is 53.7 Å². The van der Waals surface area contributed by atoms with E-state index < -0.39 is 5.60 Å². The Balaban J connectivity index is 1.36. The molecule has 1 aliphatic heterocycles. The van der Waals surface area contributed by atoms with Crippen LogP contribution in [0.3, 0.4) is 0 Å². The molecule has 10 heteroatoms. The first-order valence-electron chi connectivity index (χ1n) is 12.3. The average molecular weight is 558 g/mol. The summed E-state index contributed by atoms with van der Waals surface area (Å²) in [5.41, 5.74) is 0.805. The number of benzene rings is 2. The largest absolute Gasteiger partial charge is 0.493 e. The van der Waals surface area contributed by atoms with Gasteiger partial charge in [-0.3, -0.25) is 9.59 Å². The highest BCUT2D eigenvalue weighted by Gasteiger charge is 2.37. The van der Waals surface area contributed by atoms with Gasteiger partial charge in [0.2, 0.25) is 0 Å². The monoisotopic (exact) mass is 557 g/mol. The molecule has 0 spiro atoms. The van der Waals surface area contributed by atoms with Crippen LogP contribution in [0.2, 0.25) is 5.02 Å². The fourth-order valence-electron chi connectivity index (χ4n) is 4.44. The lowest BCUT2D eigenvalue weighted by Gasteiger charge is -2.36. The molecule has 1 aliphatic rings. The number of aromatic nitrogens is 1. The van der Waals surface area contributed by atoms with Crippen molar-refractivity contribution in [2.24, 2.45) is 0 Å². The van der Waals surface area contributed by atoms with Gasteiger partial charge in [-0.1, -0.05) is 23.7 Å². The third kappa shape index (κ3) is 6.05. The molecule has 1 N–H and O–H groups in total. The number of nitrogens with zero attached hydrogens (tertiary/aromatic N) is 2. The molecule has 0 saturated carbocycles. The van der Waals surface area contributed by atoms with Gasteiger partial charge in [0.1, 0.15) is 11.4 Å². The van der Waals surface area contributed by atoms with E-state index in [2.05, 4.69) is 10.3 Å². The van der Waals surface area contributed by atoms with Crippen molar-refractivity contribution in [3.8, 4) is 17.2 Å². The number of ether oxygens (including phenoxy) is 3. The van der Waals surface area contributed by atoms with Crippen LogP contribution < -0.4 is 19.5 Å². The summed E-state index contributed by atoms with van der Waals surface area (Å²) in [4.78, 5) is 32.6. The number of amides is 2. The van der Waals surface area contributed by atoms with Gasteiger partial charge in [-0.05, 0) is 57.4 Å². The van der Waals surface area contributed by atoms with Gasteiger partial charge in [0, 0.05) is 36.1 Å². The quantitative estimate of drug-likeness (QED) is 0.369. The van der Waals surface area contributed by atoms with E-state index in [1.165, 1.54) is 11.3 Å². The van der Waals surface area contributed by atoms with Gasteiger partial charge in [0.05, 0.1) is 24.2 Å². The number of rotatable bonds is 8. The molecule has 8 nitrogen and oxygen atoms in total. The number of methoxy groups -OCH3 is 2. The summed E-state index contributed by atoms with van der Waals surface area (Å²) >= 11 is 7.69. The molecule has 1 aromatic heterocycles. The molecule has 1 fully saturated rings. The first kappa shape index (κ1) is 27.7. The Morgan fingerprint density at radius 3 is 2.39 bits per heavy atom. The highest BCUT2D eigenvalue weighted by Crippen LogP contribution is 2.35. The van der Waals surface area contributed by atoms with Crippen molar-refractivity contribution < 1.29 is 23.8 Å². The number of para-hydroxylation sites is 1. The van der Waals surface area contributed by atoms with Crippen LogP contribution in [0.15, 0.2) is 41.8 Å². The van der Waals surface area contributed by atoms with E-state index in [0.29, 0.717) is 46.7 Å². The second-order valence-corrected chi connectivity index (χ2v) is 11.0. The number of carbonyl (C=O) groups excluding carboxylic acids is 2. The van der Waals surface area contributed by atoms with Gasteiger partial charge in [0.15, 0.2) is 17.1 Å². The number of halogens is 1. The normalized spacial score (nSPS) is 14.2. The molecule has 2 aromatic carbocycles. The van der Waals surface area contributed by atoms with E-state index in [9.17, 15) is 9.59 Å². The van der Waals surface area contributed by atoms with Gasteiger partial charge in [-0.15, -0.1) is 11.3 Å². The lowest BCUT2D eigenvalue weighted by atomic mass is 9.96. The molecular weight excluding hydrogens is 526 g/mol. The number of piperidine rings is 1. The molecule has 0 atom stereocenters. The molecule has 0 aliphatic carbocycles. The fraction of sp³-hybridized carbons (Fsp3) is 0.393. The van der Waals surface area contributed by atoms with E-state index in [1.807, 2.05) is 30.0 Å². The summed E-state index contributed by atoms with van der Waals surface area (Å²) in [5, 5.41) is 6.07. The third-order valence-electron chi connectivity index (χ3n) is 6.58. The highest BCUT2D eigenvalue weighted by molar-refractivity contribution is 7.10. The van der Waals surface area contributed by atoms with Gasteiger partial charge in [0.25, 0.3) is 11.8 Å². The molecule has 0 bridgehead atoms. The lowest BCUT2D eigenvalue weighted by molar-refractivity contribution is -0.146. The van der Waals surface area contributed by atoms with E-state index in [0.717, 1.165) is 23.4 Å². The zero-order chi connectivity index (χ0) is 27.4. The molecule has 2 amide bonds. The summed E-state index contributed by atoms with van der Waals surface area (Å²) in [6, 6.07) is 10.7. The molecule has 202 valence electrons. The fourth-order valence-corrected chi connectivity index (χ4v) is 5.58. The zero-order valence-corrected chi connectivity index (χ0v) is 23.7. The summed E-state index contributed by atoms with van der Waals surface area (Å²) < 4.78 is 16.7. The van der Waals surface area contributed by atoms with Crippen molar-refractivity contribution in [3.63, 3.8) is 0 Å². The molecule has 4 rings (SSSR count). The summed E-state index contributed by atoms with van der Waals surface area (Å²) in [5.74, 6) is 1.44. The van der Waals surface area contributed by atoms with E-state index in [4.69, 9.17) is 25.8 Å². The van der Waals surface area contributed by atoms with Gasteiger partial charge in [-0.25, -0.2) is 4.98 Å². The van der Waals surface area contributed by atoms with Crippen molar-refractivity contribution in [1.29, 1.82) is 0 Å². The number of likely N-dealkylation sites (tertiary alicyclic amines) is 1. The number of nitrogens with one attached hydrogen (secondary N) is 1. The Hall–Kier alpha value is -3.30. The SMILES string of the molecule is COc1cc(C)c(NC(=O)c2csc(C3CCN(C(=O)C(C)(C)Oc4ccccc4Cl)CC3)n2)cc1OC. The van der Waals surface area contributed by atoms with Crippen LogP contribution in [0.4, 0.5) is 5.69 Å². The molecule has 0 unspecified atom stereocenters. The zero-order valence-electron chi connectivity index (χ0n) is 22.2. The smallest absolute Gasteiger partial charge is 0.275 e. The Kier molecular flexibility index (Phi) is 8.47. The first-order chi connectivity index (χ1) is 18.1. The van der Waals surface area contributed by atoms with E-state index in [-0.39, 0.29) is 17.7 Å². The summed E-state index contributed by atoms with van der Waals surface area (Å²) in [6.07, 6.45) is 1.52. The van der Waals surface area contributed by atoms with Crippen LogP contribution in [0.5, 0.6) is 17.2 Å².